The van der Waals surface area contributed by atoms with Crippen LogP contribution < -0.4 is 4.74 Å². The topological polar surface area (TPSA) is 55.6 Å². The van der Waals surface area contributed by atoms with E-state index in [1.165, 1.54) is 0 Å². The highest BCUT2D eigenvalue weighted by Gasteiger charge is 2.24. The number of carbonyl (C=O) groups is 1. The molecule has 6 heteroatoms. The minimum atomic E-state index is -0.183. The van der Waals surface area contributed by atoms with E-state index in [0.717, 1.165) is 21.0 Å². The molecule has 142 valence electrons. The molecule has 2 aromatic heterocycles. The van der Waals surface area contributed by atoms with Gasteiger partial charge in [-0.1, -0.05) is 30.3 Å². The molecule has 0 fully saturated rings. The van der Waals surface area contributed by atoms with Crippen LogP contribution in [0.2, 0.25) is 0 Å². The standard InChI is InChI=1S/C22H20N2O3S/c1-15(21-23-18-10-6-7-11-20(18)28-21)24(2)22(25)19-13-12-17(27-19)14-26-16-8-4-3-5-9-16/h3-13,15H,14H2,1-2H3/t15-/m1/s1. The van der Waals surface area contributed by atoms with Gasteiger partial charge in [0.2, 0.25) is 0 Å². The summed E-state index contributed by atoms with van der Waals surface area (Å²) in [6, 6.07) is 20.8. The number of hydrogen-bond donors (Lipinski definition) is 0. The molecule has 2 heterocycles. The quantitative estimate of drug-likeness (QED) is 0.447. The van der Waals surface area contributed by atoms with Crippen LogP contribution in [0.15, 0.2) is 71.1 Å². The first-order valence-electron chi connectivity index (χ1n) is 9.01. The number of amides is 1. The molecule has 4 aromatic rings. The van der Waals surface area contributed by atoms with E-state index in [1.807, 2.05) is 61.5 Å². The van der Waals surface area contributed by atoms with E-state index in [1.54, 1.807) is 35.4 Å². The molecule has 0 N–H and O–H groups in total. The summed E-state index contributed by atoms with van der Waals surface area (Å²) >= 11 is 1.60. The van der Waals surface area contributed by atoms with Gasteiger partial charge in [0.05, 0.1) is 16.3 Å². The van der Waals surface area contributed by atoms with Crippen molar-refractivity contribution in [2.45, 2.75) is 19.6 Å². The Bertz CT molecular complexity index is 1050. The summed E-state index contributed by atoms with van der Waals surface area (Å²) in [5, 5.41) is 0.899. The normalized spacial score (nSPS) is 12.1. The van der Waals surface area contributed by atoms with Crippen molar-refractivity contribution in [3.63, 3.8) is 0 Å². The molecule has 28 heavy (non-hydrogen) atoms. The van der Waals surface area contributed by atoms with Gasteiger partial charge >= 0.3 is 0 Å². The number of ether oxygens (including phenoxy) is 1. The first-order chi connectivity index (χ1) is 13.6. The van der Waals surface area contributed by atoms with E-state index < -0.39 is 0 Å². The number of nitrogens with zero attached hydrogens (tertiary/aromatic N) is 2. The number of carbonyl (C=O) groups excluding carboxylic acids is 1. The number of aromatic nitrogens is 1. The Kier molecular flexibility index (Phi) is 5.12. The smallest absolute Gasteiger partial charge is 0.289 e. The number of hydrogen-bond acceptors (Lipinski definition) is 5. The molecule has 0 radical (unpaired) electrons. The van der Waals surface area contributed by atoms with Gasteiger partial charge in [0.25, 0.3) is 5.91 Å². The molecule has 0 spiro atoms. The van der Waals surface area contributed by atoms with Crippen LogP contribution in [0.4, 0.5) is 0 Å². The van der Waals surface area contributed by atoms with Crippen LogP contribution in [0.5, 0.6) is 5.75 Å². The fraction of sp³-hybridized carbons (Fsp3) is 0.182. The predicted molar refractivity (Wildman–Crippen MR) is 110 cm³/mol. The van der Waals surface area contributed by atoms with Gasteiger partial charge in [-0.25, -0.2) is 4.98 Å². The Balaban J connectivity index is 1.44. The third-order valence-corrected chi connectivity index (χ3v) is 5.77. The van der Waals surface area contributed by atoms with E-state index >= 15 is 0 Å². The molecule has 0 bridgehead atoms. The Morgan fingerprint density at radius 2 is 1.86 bits per heavy atom. The zero-order valence-corrected chi connectivity index (χ0v) is 16.5. The molecule has 1 amide bonds. The lowest BCUT2D eigenvalue weighted by Gasteiger charge is -2.22. The van der Waals surface area contributed by atoms with Crippen molar-refractivity contribution in [1.82, 2.24) is 9.88 Å². The third-order valence-electron chi connectivity index (χ3n) is 4.57. The number of benzene rings is 2. The van der Waals surface area contributed by atoms with E-state index in [2.05, 4.69) is 4.98 Å². The largest absolute Gasteiger partial charge is 0.486 e. The molecule has 0 aliphatic carbocycles. The number of rotatable bonds is 6. The average Bonchev–Trinajstić information content (AvgIpc) is 3.38. The third kappa shape index (κ3) is 3.77. The first kappa shape index (κ1) is 18.3. The summed E-state index contributed by atoms with van der Waals surface area (Å²) in [4.78, 5) is 19.1. The molecule has 0 unspecified atom stereocenters. The molecule has 1 atom stereocenters. The minimum absolute atomic E-state index is 0.154. The van der Waals surface area contributed by atoms with Crippen LogP contribution in [0, 0.1) is 0 Å². The maximum Gasteiger partial charge on any atom is 0.289 e. The van der Waals surface area contributed by atoms with E-state index in [9.17, 15) is 4.79 Å². The van der Waals surface area contributed by atoms with Crippen molar-refractivity contribution in [1.29, 1.82) is 0 Å². The Labute approximate surface area is 167 Å². The Morgan fingerprint density at radius 3 is 2.64 bits per heavy atom. The molecule has 0 aliphatic rings. The molecular weight excluding hydrogens is 372 g/mol. The van der Waals surface area contributed by atoms with Gasteiger partial charge in [0.15, 0.2) is 5.76 Å². The predicted octanol–water partition coefficient (Wildman–Crippen LogP) is 5.30. The van der Waals surface area contributed by atoms with Crippen molar-refractivity contribution in [3.8, 4) is 5.75 Å². The van der Waals surface area contributed by atoms with E-state index in [-0.39, 0.29) is 18.6 Å². The maximum absolute atomic E-state index is 12.8. The van der Waals surface area contributed by atoms with Crippen LogP contribution in [0.25, 0.3) is 10.2 Å². The summed E-state index contributed by atoms with van der Waals surface area (Å²) in [5.74, 6) is 1.47. The fourth-order valence-corrected chi connectivity index (χ4v) is 3.89. The molecule has 4 rings (SSSR count). The fourth-order valence-electron chi connectivity index (χ4n) is 2.83. The van der Waals surface area contributed by atoms with E-state index in [4.69, 9.17) is 9.15 Å². The summed E-state index contributed by atoms with van der Waals surface area (Å²) in [6.45, 7) is 2.24. The lowest BCUT2D eigenvalue weighted by Crippen LogP contribution is -2.29. The average molecular weight is 392 g/mol. The van der Waals surface area contributed by atoms with Gasteiger partial charge < -0.3 is 14.1 Å². The number of fused-ring (bicyclic) bond motifs is 1. The molecule has 0 saturated heterocycles. The second kappa shape index (κ2) is 7.86. The van der Waals surface area contributed by atoms with Gasteiger partial charge in [-0.3, -0.25) is 4.79 Å². The monoisotopic (exact) mass is 392 g/mol. The molecule has 5 nitrogen and oxygen atoms in total. The zero-order valence-electron chi connectivity index (χ0n) is 15.7. The minimum Gasteiger partial charge on any atom is -0.486 e. The zero-order chi connectivity index (χ0) is 19.5. The summed E-state index contributed by atoms with van der Waals surface area (Å²) in [6.07, 6.45) is 0. The van der Waals surface area contributed by atoms with Gasteiger partial charge in [-0.2, -0.15) is 0 Å². The number of thiazole rings is 1. The number of furan rings is 1. The second-order valence-electron chi connectivity index (χ2n) is 6.48. The Hall–Kier alpha value is -3.12. The first-order valence-corrected chi connectivity index (χ1v) is 9.82. The van der Waals surface area contributed by atoms with Gasteiger partial charge in [0.1, 0.15) is 23.1 Å². The lowest BCUT2D eigenvalue weighted by molar-refractivity contribution is 0.0706. The molecule has 2 aromatic carbocycles. The van der Waals surface area contributed by atoms with Crippen molar-refractivity contribution in [3.05, 3.63) is 83.3 Å². The highest BCUT2D eigenvalue weighted by Crippen LogP contribution is 2.29. The summed E-state index contributed by atoms with van der Waals surface area (Å²) in [5.41, 5.74) is 0.952. The van der Waals surface area contributed by atoms with Crippen LogP contribution in [0.1, 0.15) is 34.3 Å². The van der Waals surface area contributed by atoms with Crippen molar-refractivity contribution in [2.24, 2.45) is 0 Å². The van der Waals surface area contributed by atoms with Crippen LogP contribution in [-0.4, -0.2) is 22.8 Å². The number of para-hydroxylation sites is 2. The van der Waals surface area contributed by atoms with Crippen molar-refractivity contribution in [2.75, 3.05) is 7.05 Å². The van der Waals surface area contributed by atoms with E-state index in [0.29, 0.717) is 11.5 Å². The highest BCUT2D eigenvalue weighted by molar-refractivity contribution is 7.18. The van der Waals surface area contributed by atoms with Crippen LogP contribution in [-0.2, 0) is 6.61 Å². The maximum atomic E-state index is 12.8. The second-order valence-corrected chi connectivity index (χ2v) is 7.54. The van der Waals surface area contributed by atoms with Gasteiger partial charge in [-0.05, 0) is 43.3 Å². The van der Waals surface area contributed by atoms with Crippen LogP contribution in [0.3, 0.4) is 0 Å². The van der Waals surface area contributed by atoms with Gasteiger partial charge in [-0.15, -0.1) is 11.3 Å². The van der Waals surface area contributed by atoms with Crippen molar-refractivity contribution < 1.29 is 13.9 Å². The Morgan fingerprint density at radius 1 is 1.11 bits per heavy atom. The van der Waals surface area contributed by atoms with Gasteiger partial charge in [0, 0.05) is 7.05 Å². The lowest BCUT2D eigenvalue weighted by atomic mass is 10.3. The highest BCUT2D eigenvalue weighted by atomic mass is 32.1. The summed E-state index contributed by atoms with van der Waals surface area (Å²) < 4.78 is 12.5. The molecular formula is C22H20N2O3S. The van der Waals surface area contributed by atoms with Crippen LogP contribution >= 0.6 is 11.3 Å². The van der Waals surface area contributed by atoms with Crippen molar-refractivity contribution >= 4 is 27.5 Å². The molecule has 0 aliphatic heterocycles. The SMILES string of the molecule is C[C@H](c1nc2ccccc2s1)N(C)C(=O)c1ccc(COc2ccccc2)o1. The summed E-state index contributed by atoms with van der Waals surface area (Å²) in [7, 11) is 1.77. The molecule has 0 saturated carbocycles.